The highest BCUT2D eigenvalue weighted by molar-refractivity contribution is 7.18. The molecule has 2 heterocycles. The second-order valence-corrected chi connectivity index (χ2v) is 7.97. The van der Waals surface area contributed by atoms with E-state index in [0.717, 1.165) is 46.7 Å². The molecule has 2 aromatic heterocycles. The van der Waals surface area contributed by atoms with Gasteiger partial charge in [-0.25, -0.2) is 9.97 Å². The van der Waals surface area contributed by atoms with Gasteiger partial charge in [0.2, 0.25) is 0 Å². The third kappa shape index (κ3) is 3.94. The van der Waals surface area contributed by atoms with E-state index in [1.54, 1.807) is 29.7 Å². The lowest BCUT2D eigenvalue weighted by atomic mass is 9.84. The zero-order valence-corrected chi connectivity index (χ0v) is 15.3. The highest BCUT2D eigenvalue weighted by Crippen LogP contribution is 2.33. The van der Waals surface area contributed by atoms with E-state index in [2.05, 4.69) is 4.98 Å². The zero-order chi connectivity index (χ0) is 17.2. The van der Waals surface area contributed by atoms with E-state index in [0.29, 0.717) is 16.8 Å². The average Bonchev–Trinajstić information content (AvgIpc) is 2.99. The van der Waals surface area contributed by atoms with Crippen LogP contribution in [0, 0.1) is 5.92 Å². The summed E-state index contributed by atoms with van der Waals surface area (Å²) in [5, 5.41) is 11.7. The number of hydrogen-bond acceptors (Lipinski definition) is 5. The summed E-state index contributed by atoms with van der Waals surface area (Å²) in [5.41, 5.74) is 0.977. The Morgan fingerprint density at radius 2 is 2.00 bits per heavy atom. The van der Waals surface area contributed by atoms with Crippen LogP contribution >= 0.6 is 22.9 Å². The third-order valence-electron chi connectivity index (χ3n) is 4.64. The number of ether oxygens (including phenoxy) is 1. The molecular formula is C19H19ClN2O2S. The van der Waals surface area contributed by atoms with Gasteiger partial charge in [0.05, 0.1) is 21.3 Å². The van der Waals surface area contributed by atoms with Gasteiger partial charge < -0.3 is 9.84 Å². The Morgan fingerprint density at radius 1 is 1.16 bits per heavy atom. The van der Waals surface area contributed by atoms with Crippen molar-refractivity contribution in [2.75, 3.05) is 0 Å². The van der Waals surface area contributed by atoms with E-state index in [9.17, 15) is 5.11 Å². The molecule has 4 rings (SSSR count). The van der Waals surface area contributed by atoms with Crippen LogP contribution in [0.5, 0.6) is 11.5 Å². The quantitative estimate of drug-likeness (QED) is 0.635. The summed E-state index contributed by atoms with van der Waals surface area (Å²) in [4.78, 5) is 8.68. The van der Waals surface area contributed by atoms with Gasteiger partial charge >= 0.3 is 0 Å². The Balaban J connectivity index is 1.52. The molecular weight excluding hydrogens is 356 g/mol. The maximum Gasteiger partial charge on any atom is 0.132 e. The third-order valence-corrected chi connectivity index (χ3v) is 5.89. The van der Waals surface area contributed by atoms with E-state index in [4.69, 9.17) is 21.3 Å². The minimum atomic E-state index is -0.184. The minimum absolute atomic E-state index is 0.184. The first-order chi connectivity index (χ1) is 12.2. The van der Waals surface area contributed by atoms with Crippen LogP contribution in [-0.4, -0.2) is 21.2 Å². The molecule has 1 N–H and O–H groups in total. The number of pyridine rings is 1. The van der Waals surface area contributed by atoms with Gasteiger partial charge in [-0.3, -0.25) is 0 Å². The van der Waals surface area contributed by atoms with Crippen LogP contribution < -0.4 is 4.74 Å². The van der Waals surface area contributed by atoms with E-state index >= 15 is 0 Å². The van der Waals surface area contributed by atoms with Crippen LogP contribution in [0.15, 0.2) is 36.5 Å². The van der Waals surface area contributed by atoms with Crippen molar-refractivity contribution in [3.8, 4) is 11.5 Å². The first kappa shape index (κ1) is 16.8. The number of thiazole rings is 1. The molecule has 0 radical (unpaired) electrons. The molecule has 2 atom stereocenters. The number of aliphatic hydroxyl groups is 1. The van der Waals surface area contributed by atoms with Gasteiger partial charge in [0.15, 0.2) is 0 Å². The molecule has 1 aromatic carbocycles. The second-order valence-electron chi connectivity index (χ2n) is 6.47. The van der Waals surface area contributed by atoms with Crippen molar-refractivity contribution in [1.29, 1.82) is 0 Å². The summed E-state index contributed by atoms with van der Waals surface area (Å²) in [6, 6.07) is 9.36. The second kappa shape index (κ2) is 7.28. The Kier molecular flexibility index (Phi) is 4.88. The largest absolute Gasteiger partial charge is 0.457 e. The number of fused-ring (bicyclic) bond motifs is 1. The summed E-state index contributed by atoms with van der Waals surface area (Å²) in [7, 11) is 0. The fourth-order valence-electron chi connectivity index (χ4n) is 3.34. The molecule has 6 heteroatoms. The van der Waals surface area contributed by atoms with E-state index in [-0.39, 0.29) is 6.10 Å². The van der Waals surface area contributed by atoms with Gasteiger partial charge in [-0.1, -0.05) is 24.4 Å². The molecule has 0 amide bonds. The van der Waals surface area contributed by atoms with Crippen molar-refractivity contribution in [1.82, 2.24) is 9.97 Å². The number of nitrogens with zero attached hydrogens (tertiary/aromatic N) is 2. The molecule has 1 saturated carbocycles. The molecule has 0 unspecified atom stereocenters. The molecule has 0 spiro atoms. The fraction of sp³-hybridized carbons (Fsp3) is 0.368. The van der Waals surface area contributed by atoms with Crippen molar-refractivity contribution in [2.24, 2.45) is 5.92 Å². The fourth-order valence-corrected chi connectivity index (χ4v) is 4.59. The van der Waals surface area contributed by atoms with Crippen LogP contribution in [-0.2, 0) is 6.42 Å². The maximum absolute atomic E-state index is 10.2. The number of aromatic nitrogens is 2. The molecule has 25 heavy (non-hydrogen) atoms. The van der Waals surface area contributed by atoms with Crippen LogP contribution in [0.25, 0.3) is 10.2 Å². The van der Waals surface area contributed by atoms with Gasteiger partial charge in [-0.2, -0.15) is 0 Å². The van der Waals surface area contributed by atoms with Gasteiger partial charge in [-0.15, -0.1) is 11.3 Å². The predicted molar refractivity (Wildman–Crippen MR) is 101 cm³/mol. The Hall–Kier alpha value is -1.69. The molecule has 1 aliphatic rings. The van der Waals surface area contributed by atoms with Crippen LogP contribution in [0.2, 0.25) is 5.15 Å². The summed E-state index contributed by atoms with van der Waals surface area (Å²) in [6.45, 7) is 0. The highest BCUT2D eigenvalue weighted by atomic mass is 35.5. The van der Waals surface area contributed by atoms with Crippen LogP contribution in [0.1, 0.15) is 30.7 Å². The topological polar surface area (TPSA) is 55.2 Å². The normalized spacial score (nSPS) is 20.7. The number of rotatable bonds is 4. The average molecular weight is 375 g/mol. The molecule has 130 valence electrons. The van der Waals surface area contributed by atoms with Crippen molar-refractivity contribution < 1.29 is 9.84 Å². The van der Waals surface area contributed by atoms with Crippen LogP contribution in [0.4, 0.5) is 0 Å². The van der Waals surface area contributed by atoms with E-state index < -0.39 is 0 Å². The lowest BCUT2D eigenvalue weighted by Crippen LogP contribution is -2.26. The van der Waals surface area contributed by atoms with E-state index in [1.807, 2.05) is 18.2 Å². The zero-order valence-electron chi connectivity index (χ0n) is 13.7. The predicted octanol–water partition coefficient (Wildman–Crippen LogP) is 5.23. The molecule has 0 saturated heterocycles. The molecule has 0 bridgehead atoms. The summed E-state index contributed by atoms with van der Waals surface area (Å²) in [5.74, 6) is 1.75. The smallest absolute Gasteiger partial charge is 0.132 e. The SMILES string of the molecule is O[C@@H]1CCCC[C@H]1Cc1nc2ccc(Oc3ccnc(Cl)c3)cc2s1. The standard InChI is InChI=1S/C19H19ClN2O2S/c20-18-11-14(7-8-21-18)24-13-5-6-15-17(10-13)25-19(22-15)9-12-3-1-2-4-16(12)23/h5-8,10-12,16,23H,1-4,9H2/t12-,16+/m0/s1. The van der Waals surface area contributed by atoms with Crippen molar-refractivity contribution in [3.63, 3.8) is 0 Å². The first-order valence-electron chi connectivity index (χ1n) is 8.54. The number of benzene rings is 1. The molecule has 1 aliphatic carbocycles. The highest BCUT2D eigenvalue weighted by Gasteiger charge is 2.24. The summed E-state index contributed by atoms with van der Waals surface area (Å²) in [6.07, 6.45) is 6.65. The Labute approximate surface area is 155 Å². The Bertz CT molecular complexity index is 883. The van der Waals surface area contributed by atoms with E-state index in [1.165, 1.54) is 6.42 Å². The monoisotopic (exact) mass is 374 g/mol. The number of halogens is 1. The number of aliphatic hydroxyl groups excluding tert-OH is 1. The van der Waals surface area contributed by atoms with Gasteiger partial charge in [-0.05, 0) is 37.0 Å². The number of hydrogen-bond donors (Lipinski definition) is 1. The van der Waals surface area contributed by atoms with Crippen molar-refractivity contribution in [3.05, 3.63) is 46.7 Å². The summed E-state index contributed by atoms with van der Waals surface area (Å²) >= 11 is 7.57. The lowest BCUT2D eigenvalue weighted by molar-refractivity contribution is 0.0700. The first-order valence-corrected chi connectivity index (χ1v) is 9.74. The van der Waals surface area contributed by atoms with Gasteiger partial charge in [0, 0.05) is 24.8 Å². The van der Waals surface area contributed by atoms with Gasteiger partial charge in [0.1, 0.15) is 16.7 Å². The molecule has 1 fully saturated rings. The maximum atomic E-state index is 10.2. The molecule has 0 aliphatic heterocycles. The summed E-state index contributed by atoms with van der Waals surface area (Å²) < 4.78 is 6.95. The van der Waals surface area contributed by atoms with Crippen LogP contribution in [0.3, 0.4) is 0 Å². The minimum Gasteiger partial charge on any atom is -0.457 e. The van der Waals surface area contributed by atoms with Crippen molar-refractivity contribution >= 4 is 33.2 Å². The Morgan fingerprint density at radius 3 is 2.84 bits per heavy atom. The molecule has 3 aromatic rings. The van der Waals surface area contributed by atoms with Crippen molar-refractivity contribution in [2.45, 2.75) is 38.2 Å². The van der Waals surface area contributed by atoms with Gasteiger partial charge in [0.25, 0.3) is 0 Å². The lowest BCUT2D eigenvalue weighted by Gasteiger charge is -2.26. The molecule has 4 nitrogen and oxygen atoms in total.